The lowest BCUT2D eigenvalue weighted by molar-refractivity contribution is -0.384. The molecule has 170 valence electrons. The molecule has 10 heteroatoms. The number of benzene rings is 3. The Morgan fingerprint density at radius 1 is 1.12 bits per heavy atom. The van der Waals surface area contributed by atoms with E-state index < -0.39 is 4.92 Å². The van der Waals surface area contributed by atoms with Gasteiger partial charge in [0.1, 0.15) is 5.75 Å². The molecule has 0 bridgehead atoms. The van der Waals surface area contributed by atoms with Crippen molar-refractivity contribution in [1.82, 2.24) is 10.2 Å². The van der Waals surface area contributed by atoms with E-state index in [1.54, 1.807) is 18.2 Å². The summed E-state index contributed by atoms with van der Waals surface area (Å²) in [6.07, 6.45) is 0. The summed E-state index contributed by atoms with van der Waals surface area (Å²) in [4.78, 5) is 27.6. The SMILES string of the molecule is COc1c(C(=O)NC(=S)N2CCN(c3ccc([N+](=O)[O-])cc3)CC2)cc2ccccc2c1Br. The maximum Gasteiger partial charge on any atom is 0.269 e. The fourth-order valence-electron chi connectivity index (χ4n) is 3.85. The van der Waals surface area contributed by atoms with E-state index in [0.29, 0.717) is 42.6 Å². The second kappa shape index (κ2) is 9.72. The number of carbonyl (C=O) groups excluding carboxylic acids is 1. The second-order valence-electron chi connectivity index (χ2n) is 7.50. The van der Waals surface area contributed by atoms with Gasteiger partial charge in [0.15, 0.2) is 5.11 Å². The smallest absolute Gasteiger partial charge is 0.269 e. The minimum absolute atomic E-state index is 0.0667. The number of hydrogen-bond acceptors (Lipinski definition) is 6. The van der Waals surface area contributed by atoms with Crippen molar-refractivity contribution in [3.8, 4) is 5.75 Å². The highest BCUT2D eigenvalue weighted by Crippen LogP contribution is 2.36. The van der Waals surface area contributed by atoms with Crippen LogP contribution in [0.15, 0.2) is 59.1 Å². The Balaban J connectivity index is 1.42. The number of fused-ring (bicyclic) bond motifs is 1. The van der Waals surface area contributed by atoms with Crippen molar-refractivity contribution in [2.24, 2.45) is 0 Å². The van der Waals surface area contributed by atoms with Crippen molar-refractivity contribution in [3.05, 3.63) is 74.7 Å². The minimum atomic E-state index is -0.411. The molecule has 0 atom stereocenters. The maximum atomic E-state index is 13.1. The number of non-ortho nitro benzene ring substituents is 1. The maximum absolute atomic E-state index is 13.1. The zero-order valence-corrected chi connectivity index (χ0v) is 20.2. The first-order valence-electron chi connectivity index (χ1n) is 10.2. The first-order valence-corrected chi connectivity index (χ1v) is 11.4. The van der Waals surface area contributed by atoms with Crippen molar-refractivity contribution >= 4 is 61.3 Å². The summed E-state index contributed by atoms with van der Waals surface area (Å²) in [5.41, 5.74) is 1.38. The van der Waals surface area contributed by atoms with E-state index in [9.17, 15) is 14.9 Å². The molecule has 0 saturated carbocycles. The number of carbonyl (C=O) groups is 1. The number of nitro groups is 1. The fourth-order valence-corrected chi connectivity index (χ4v) is 4.86. The predicted octanol–water partition coefficient (Wildman–Crippen LogP) is 4.36. The monoisotopic (exact) mass is 528 g/mol. The summed E-state index contributed by atoms with van der Waals surface area (Å²) in [6.45, 7) is 2.60. The van der Waals surface area contributed by atoms with Gasteiger partial charge in [0.2, 0.25) is 0 Å². The molecule has 3 aromatic carbocycles. The number of nitrogens with one attached hydrogen (secondary N) is 1. The van der Waals surface area contributed by atoms with Crippen molar-refractivity contribution in [3.63, 3.8) is 0 Å². The number of nitro benzene ring substituents is 1. The molecule has 1 fully saturated rings. The average Bonchev–Trinajstić information content (AvgIpc) is 2.84. The third-order valence-electron chi connectivity index (χ3n) is 5.60. The Morgan fingerprint density at radius 3 is 2.42 bits per heavy atom. The third kappa shape index (κ3) is 4.76. The van der Waals surface area contributed by atoms with E-state index in [0.717, 1.165) is 20.9 Å². The lowest BCUT2D eigenvalue weighted by Gasteiger charge is -2.37. The summed E-state index contributed by atoms with van der Waals surface area (Å²) in [7, 11) is 1.53. The molecule has 1 amide bonds. The van der Waals surface area contributed by atoms with E-state index in [-0.39, 0.29) is 11.6 Å². The number of amides is 1. The van der Waals surface area contributed by atoms with Crippen LogP contribution in [0.3, 0.4) is 0 Å². The molecule has 0 spiro atoms. The summed E-state index contributed by atoms with van der Waals surface area (Å²) in [6, 6.07) is 16.0. The molecule has 8 nitrogen and oxygen atoms in total. The van der Waals surface area contributed by atoms with Gasteiger partial charge in [-0.2, -0.15) is 0 Å². The number of halogens is 1. The number of anilines is 1. The molecular formula is C23H21BrN4O4S. The first kappa shape index (κ1) is 22.9. The van der Waals surface area contributed by atoms with Crippen molar-refractivity contribution in [2.75, 3.05) is 38.2 Å². The van der Waals surface area contributed by atoms with E-state index >= 15 is 0 Å². The number of ether oxygens (including phenoxy) is 1. The number of nitrogens with zero attached hydrogens (tertiary/aromatic N) is 3. The standard InChI is InChI=1S/C23H21BrN4O4S/c1-32-21-19(14-15-4-2-3-5-18(15)20(21)24)22(29)25-23(33)27-12-10-26(11-13-27)16-6-8-17(9-7-16)28(30)31/h2-9,14H,10-13H2,1H3,(H,25,29,33). The van der Waals surface area contributed by atoms with Gasteiger partial charge in [-0.05, 0) is 57.1 Å². The molecule has 33 heavy (non-hydrogen) atoms. The molecule has 1 aliphatic heterocycles. The summed E-state index contributed by atoms with van der Waals surface area (Å²) in [5.74, 6) is 0.123. The van der Waals surface area contributed by atoms with Gasteiger partial charge in [0.25, 0.3) is 11.6 Å². The Hall–Kier alpha value is -3.24. The van der Waals surface area contributed by atoms with E-state index in [1.807, 2.05) is 29.2 Å². The zero-order chi connectivity index (χ0) is 23.5. The number of hydrogen-bond donors (Lipinski definition) is 1. The van der Waals surface area contributed by atoms with E-state index in [2.05, 4.69) is 26.1 Å². The van der Waals surface area contributed by atoms with Gasteiger partial charge in [-0.25, -0.2) is 0 Å². The van der Waals surface area contributed by atoms with Crippen LogP contribution in [0.5, 0.6) is 5.75 Å². The van der Waals surface area contributed by atoms with Crippen LogP contribution in [0.25, 0.3) is 10.8 Å². The lowest BCUT2D eigenvalue weighted by Crippen LogP contribution is -2.52. The quantitative estimate of drug-likeness (QED) is 0.305. The van der Waals surface area contributed by atoms with Crippen molar-refractivity contribution < 1.29 is 14.5 Å². The Morgan fingerprint density at radius 2 is 1.79 bits per heavy atom. The third-order valence-corrected chi connectivity index (χ3v) is 6.75. The number of methoxy groups -OCH3 is 1. The molecule has 1 saturated heterocycles. The van der Waals surface area contributed by atoms with Crippen molar-refractivity contribution in [2.45, 2.75) is 0 Å². The lowest BCUT2D eigenvalue weighted by atomic mass is 10.1. The van der Waals surface area contributed by atoms with Crippen LogP contribution in [0.2, 0.25) is 0 Å². The van der Waals surface area contributed by atoms with Crippen LogP contribution in [0.4, 0.5) is 11.4 Å². The molecular weight excluding hydrogens is 508 g/mol. The van der Waals surface area contributed by atoms with Gasteiger partial charge < -0.3 is 14.5 Å². The van der Waals surface area contributed by atoms with Crippen LogP contribution >= 0.6 is 28.1 Å². The van der Waals surface area contributed by atoms with Crippen LogP contribution in [0, 0.1) is 10.1 Å². The zero-order valence-electron chi connectivity index (χ0n) is 17.8. The second-order valence-corrected chi connectivity index (χ2v) is 8.68. The number of rotatable bonds is 4. The topological polar surface area (TPSA) is 88.0 Å². The largest absolute Gasteiger partial charge is 0.495 e. The van der Waals surface area contributed by atoms with Crippen molar-refractivity contribution in [1.29, 1.82) is 0 Å². The van der Waals surface area contributed by atoms with E-state index in [4.69, 9.17) is 17.0 Å². The highest BCUT2D eigenvalue weighted by Gasteiger charge is 2.23. The highest BCUT2D eigenvalue weighted by atomic mass is 79.9. The summed E-state index contributed by atoms with van der Waals surface area (Å²) in [5, 5.41) is 15.9. The minimum Gasteiger partial charge on any atom is -0.495 e. The molecule has 0 unspecified atom stereocenters. The van der Waals surface area contributed by atoms with Gasteiger partial charge >= 0.3 is 0 Å². The molecule has 1 aliphatic rings. The Kier molecular flexibility index (Phi) is 6.75. The van der Waals surface area contributed by atoms with Gasteiger partial charge in [-0.15, -0.1) is 0 Å². The molecule has 0 radical (unpaired) electrons. The Bertz CT molecular complexity index is 1230. The van der Waals surface area contributed by atoms with Gasteiger partial charge in [-0.1, -0.05) is 24.3 Å². The Labute approximate surface area is 204 Å². The molecule has 3 aromatic rings. The van der Waals surface area contributed by atoms with Crippen LogP contribution in [0.1, 0.15) is 10.4 Å². The molecule has 1 N–H and O–H groups in total. The molecule has 0 aliphatic carbocycles. The average molecular weight is 529 g/mol. The number of piperazine rings is 1. The van der Waals surface area contributed by atoms with Gasteiger partial charge in [0.05, 0.1) is 22.1 Å². The highest BCUT2D eigenvalue weighted by molar-refractivity contribution is 9.10. The van der Waals surface area contributed by atoms with Crippen LogP contribution < -0.4 is 15.0 Å². The summed E-state index contributed by atoms with van der Waals surface area (Å²) >= 11 is 9.06. The number of thiocarbonyl (C=S) groups is 1. The van der Waals surface area contributed by atoms with Crippen LogP contribution in [-0.2, 0) is 0 Å². The van der Waals surface area contributed by atoms with E-state index in [1.165, 1.54) is 19.2 Å². The molecule has 4 rings (SSSR count). The van der Waals surface area contributed by atoms with Crippen LogP contribution in [-0.4, -0.2) is 54.1 Å². The first-order chi connectivity index (χ1) is 15.9. The fraction of sp³-hybridized carbons (Fsp3) is 0.217. The van der Waals surface area contributed by atoms with Gasteiger partial charge in [0, 0.05) is 44.0 Å². The summed E-state index contributed by atoms with van der Waals surface area (Å²) < 4.78 is 6.22. The predicted molar refractivity (Wildman–Crippen MR) is 135 cm³/mol. The molecule has 0 aromatic heterocycles. The normalized spacial score (nSPS) is 13.6. The molecule has 1 heterocycles. The van der Waals surface area contributed by atoms with Gasteiger partial charge in [-0.3, -0.25) is 20.2 Å².